The molecule has 4 rings (SSSR count). The van der Waals surface area contributed by atoms with E-state index in [1.54, 1.807) is 31.6 Å². The Labute approximate surface area is 190 Å². The minimum Gasteiger partial charge on any atom is -0.348 e. The monoisotopic (exact) mass is 485 g/mol. The van der Waals surface area contributed by atoms with Gasteiger partial charge in [-0.3, -0.25) is 19.8 Å². The van der Waals surface area contributed by atoms with Crippen LogP contribution < -0.4 is 10.4 Å². The standard InChI is InChI=1S/C17H18Cl2FN9O3/c1-8-4-12(26(3)23-8)28-9(2)13(29(30)31)16(25-28)32-7-10(20)6-27-15-11(14(18)24-27)5-21-17(19)22-15/h4-5,10,16,25H,6-7H2,1-3H3. The molecule has 0 saturated heterocycles. The number of aryl methyl sites for hydroxylation is 2. The van der Waals surface area contributed by atoms with Crippen LogP contribution in [-0.4, -0.2) is 53.5 Å². The first-order chi connectivity index (χ1) is 15.2. The third kappa shape index (κ3) is 4.11. The van der Waals surface area contributed by atoms with Gasteiger partial charge in [-0.2, -0.15) is 20.6 Å². The van der Waals surface area contributed by atoms with Gasteiger partial charge in [0.1, 0.15) is 17.7 Å². The molecular weight excluding hydrogens is 468 g/mol. The van der Waals surface area contributed by atoms with E-state index in [1.165, 1.54) is 15.9 Å². The molecule has 4 heterocycles. The second-order valence-corrected chi connectivity index (χ2v) is 7.82. The quantitative estimate of drug-likeness (QED) is 0.304. The van der Waals surface area contributed by atoms with Crippen LogP contribution in [0.2, 0.25) is 10.4 Å². The van der Waals surface area contributed by atoms with Crippen LogP contribution in [-0.2, 0) is 18.3 Å². The van der Waals surface area contributed by atoms with E-state index in [-0.39, 0.29) is 28.3 Å². The third-order valence-corrected chi connectivity index (χ3v) is 5.29. The smallest absolute Gasteiger partial charge is 0.311 e. The van der Waals surface area contributed by atoms with Gasteiger partial charge in [0.15, 0.2) is 10.8 Å². The van der Waals surface area contributed by atoms with Gasteiger partial charge >= 0.3 is 5.70 Å². The first kappa shape index (κ1) is 22.3. The van der Waals surface area contributed by atoms with Crippen molar-refractivity contribution in [2.45, 2.75) is 32.8 Å². The number of nitro groups is 1. The normalized spacial score (nSPS) is 17.6. The predicted molar refractivity (Wildman–Crippen MR) is 113 cm³/mol. The third-order valence-electron chi connectivity index (χ3n) is 4.83. The fraction of sp³-hybridized carbons (Fsp3) is 0.412. The number of hydrogen-bond donors (Lipinski definition) is 1. The fourth-order valence-corrected chi connectivity index (χ4v) is 3.79. The van der Waals surface area contributed by atoms with E-state index in [9.17, 15) is 14.5 Å². The summed E-state index contributed by atoms with van der Waals surface area (Å²) in [7, 11) is 1.71. The molecule has 2 unspecified atom stereocenters. The number of rotatable bonds is 7. The largest absolute Gasteiger partial charge is 0.348 e. The zero-order valence-electron chi connectivity index (χ0n) is 17.2. The molecule has 0 aromatic carbocycles. The van der Waals surface area contributed by atoms with Gasteiger partial charge in [-0.15, -0.1) is 0 Å². The first-order valence-corrected chi connectivity index (χ1v) is 10.1. The molecule has 0 radical (unpaired) electrons. The van der Waals surface area contributed by atoms with Crippen molar-refractivity contribution >= 4 is 40.1 Å². The minimum absolute atomic E-state index is 0.0288. The van der Waals surface area contributed by atoms with Crippen LogP contribution in [0.15, 0.2) is 23.7 Å². The summed E-state index contributed by atoms with van der Waals surface area (Å²) in [4.78, 5) is 18.9. The van der Waals surface area contributed by atoms with E-state index in [0.29, 0.717) is 16.9 Å². The maximum Gasteiger partial charge on any atom is 0.311 e. The summed E-state index contributed by atoms with van der Waals surface area (Å²) in [5.41, 5.74) is 4.00. The molecule has 1 N–H and O–H groups in total. The lowest BCUT2D eigenvalue weighted by Gasteiger charge is -2.21. The SMILES string of the molecule is CC1=C([N+](=O)[O-])C(OCC(F)Cn2nc(Cl)c3cnc(Cl)nc32)NN1c1cc(C)nn1C. The highest BCUT2D eigenvalue weighted by atomic mass is 35.5. The molecule has 15 heteroatoms. The van der Waals surface area contributed by atoms with Gasteiger partial charge in [-0.05, 0) is 25.4 Å². The maximum atomic E-state index is 14.7. The Bertz CT molecular complexity index is 1230. The number of hydrogen-bond acceptors (Lipinski definition) is 9. The first-order valence-electron chi connectivity index (χ1n) is 9.38. The highest BCUT2D eigenvalue weighted by Gasteiger charge is 2.40. The number of fused-ring (bicyclic) bond motifs is 1. The summed E-state index contributed by atoms with van der Waals surface area (Å²) in [6, 6.07) is 1.76. The number of hydrazine groups is 1. The Morgan fingerprint density at radius 1 is 1.38 bits per heavy atom. The second kappa shape index (κ2) is 8.58. The molecule has 12 nitrogen and oxygen atoms in total. The molecule has 1 aliphatic heterocycles. The zero-order valence-corrected chi connectivity index (χ0v) is 18.7. The van der Waals surface area contributed by atoms with E-state index >= 15 is 0 Å². The van der Waals surface area contributed by atoms with Crippen LogP contribution in [0.4, 0.5) is 10.2 Å². The van der Waals surface area contributed by atoms with E-state index in [4.69, 9.17) is 27.9 Å². The second-order valence-electron chi connectivity index (χ2n) is 7.12. The lowest BCUT2D eigenvalue weighted by atomic mass is 10.3. The van der Waals surface area contributed by atoms with Crippen LogP contribution in [0, 0.1) is 17.0 Å². The molecule has 0 fully saturated rings. The van der Waals surface area contributed by atoms with Gasteiger partial charge in [-0.25, -0.2) is 14.1 Å². The van der Waals surface area contributed by atoms with Crippen molar-refractivity contribution in [3.05, 3.63) is 49.9 Å². The molecule has 3 aromatic rings. The van der Waals surface area contributed by atoms with Crippen LogP contribution in [0.3, 0.4) is 0 Å². The molecule has 0 aliphatic carbocycles. The van der Waals surface area contributed by atoms with Crippen LogP contribution in [0.1, 0.15) is 12.6 Å². The topological polar surface area (TPSA) is 129 Å². The van der Waals surface area contributed by atoms with Gasteiger partial charge in [-0.1, -0.05) is 11.6 Å². The van der Waals surface area contributed by atoms with E-state index in [0.717, 1.165) is 5.69 Å². The number of aromatic nitrogens is 6. The molecule has 32 heavy (non-hydrogen) atoms. The number of allylic oxidation sites excluding steroid dienone is 1. The molecule has 3 aromatic heterocycles. The predicted octanol–water partition coefficient (Wildman–Crippen LogP) is 2.39. The van der Waals surface area contributed by atoms with Crippen molar-refractivity contribution in [2.75, 3.05) is 11.6 Å². The number of nitrogens with zero attached hydrogens (tertiary/aromatic N) is 8. The Morgan fingerprint density at radius 2 is 2.12 bits per heavy atom. The lowest BCUT2D eigenvalue weighted by Crippen LogP contribution is -2.41. The van der Waals surface area contributed by atoms with Gasteiger partial charge in [0.25, 0.3) is 0 Å². The minimum atomic E-state index is -1.56. The molecule has 0 saturated carbocycles. The molecule has 0 bridgehead atoms. The Balaban J connectivity index is 1.48. The summed E-state index contributed by atoms with van der Waals surface area (Å²) >= 11 is 11.8. The zero-order chi connectivity index (χ0) is 23.2. The van der Waals surface area contributed by atoms with Gasteiger partial charge in [0, 0.05) is 19.3 Å². The molecule has 170 valence electrons. The van der Waals surface area contributed by atoms with E-state index < -0.39 is 23.9 Å². The van der Waals surface area contributed by atoms with Crippen molar-refractivity contribution in [3.63, 3.8) is 0 Å². The highest BCUT2D eigenvalue weighted by molar-refractivity contribution is 6.34. The Kier molecular flexibility index (Phi) is 5.99. The molecular formula is C17H18Cl2FN9O3. The lowest BCUT2D eigenvalue weighted by molar-refractivity contribution is -0.437. The van der Waals surface area contributed by atoms with Crippen LogP contribution in [0.25, 0.3) is 11.0 Å². The number of anilines is 1. The molecule has 0 spiro atoms. The molecule has 0 amide bonds. The van der Waals surface area contributed by atoms with E-state index in [1.807, 2.05) is 0 Å². The van der Waals surface area contributed by atoms with Crippen molar-refractivity contribution in [1.82, 2.24) is 35.0 Å². The average molecular weight is 486 g/mol. The molecule has 1 aliphatic rings. The van der Waals surface area contributed by atoms with Gasteiger partial charge in [0.2, 0.25) is 11.5 Å². The summed E-state index contributed by atoms with van der Waals surface area (Å²) in [5.74, 6) is 0.580. The number of ether oxygens (including phenoxy) is 1. The molecule has 2 atom stereocenters. The maximum absolute atomic E-state index is 14.7. The van der Waals surface area contributed by atoms with Crippen molar-refractivity contribution in [1.29, 1.82) is 0 Å². The highest BCUT2D eigenvalue weighted by Crippen LogP contribution is 2.28. The summed E-state index contributed by atoms with van der Waals surface area (Å²) in [6.07, 6.45) is -1.33. The van der Waals surface area contributed by atoms with Gasteiger partial charge < -0.3 is 4.74 Å². The van der Waals surface area contributed by atoms with Crippen molar-refractivity contribution < 1.29 is 14.1 Å². The van der Waals surface area contributed by atoms with Crippen molar-refractivity contribution in [2.24, 2.45) is 7.05 Å². The van der Waals surface area contributed by atoms with Crippen molar-refractivity contribution in [3.8, 4) is 0 Å². The Hall–Kier alpha value is -2.87. The summed E-state index contributed by atoms with van der Waals surface area (Å²) in [5, 5.41) is 21.9. The van der Waals surface area contributed by atoms with Gasteiger partial charge in [0.05, 0.1) is 29.2 Å². The Morgan fingerprint density at radius 3 is 2.78 bits per heavy atom. The average Bonchev–Trinajstić information content (AvgIpc) is 3.33. The fourth-order valence-electron chi connectivity index (χ4n) is 3.44. The van der Waals surface area contributed by atoms with Crippen LogP contribution >= 0.6 is 23.2 Å². The summed E-state index contributed by atoms with van der Waals surface area (Å²) in [6.45, 7) is 2.69. The van der Waals surface area contributed by atoms with E-state index in [2.05, 4.69) is 25.6 Å². The summed E-state index contributed by atoms with van der Waals surface area (Å²) < 4.78 is 23.1. The number of nitrogens with one attached hydrogen (secondary N) is 1. The van der Waals surface area contributed by atoms with Crippen LogP contribution in [0.5, 0.6) is 0 Å². The number of alkyl halides is 1. The number of halogens is 3.